The predicted octanol–water partition coefficient (Wildman–Crippen LogP) is 4.71. The second kappa shape index (κ2) is 6.17. The molecule has 3 heteroatoms. The van der Waals surface area contributed by atoms with E-state index in [1.54, 1.807) is 12.1 Å². The van der Waals surface area contributed by atoms with Crippen LogP contribution >= 0.6 is 0 Å². The van der Waals surface area contributed by atoms with Crippen LogP contribution in [0.15, 0.2) is 42.5 Å². The van der Waals surface area contributed by atoms with Crippen molar-refractivity contribution in [2.45, 2.75) is 32.8 Å². The summed E-state index contributed by atoms with van der Waals surface area (Å²) in [5.41, 5.74) is 1.86. The van der Waals surface area contributed by atoms with Crippen LogP contribution in [0, 0.1) is 5.82 Å². The van der Waals surface area contributed by atoms with Crippen molar-refractivity contribution in [1.82, 2.24) is 0 Å². The second-order valence-corrected chi connectivity index (χ2v) is 6.02. The van der Waals surface area contributed by atoms with Crippen molar-refractivity contribution in [3.8, 4) is 11.5 Å². The van der Waals surface area contributed by atoms with E-state index >= 15 is 0 Å². The maximum Gasteiger partial charge on any atom is 0.133 e. The van der Waals surface area contributed by atoms with Gasteiger partial charge in [-0.15, -0.1) is 0 Å². The van der Waals surface area contributed by atoms with Gasteiger partial charge in [0, 0.05) is 11.6 Å². The minimum absolute atomic E-state index is 0.112. The summed E-state index contributed by atoms with van der Waals surface area (Å²) < 4.78 is 24.4. The lowest BCUT2D eigenvalue weighted by Gasteiger charge is -2.19. The highest BCUT2D eigenvalue weighted by Crippen LogP contribution is 2.25. The Hall–Kier alpha value is -2.03. The van der Waals surface area contributed by atoms with E-state index in [9.17, 15) is 4.39 Å². The van der Waals surface area contributed by atoms with Crippen molar-refractivity contribution in [3.63, 3.8) is 0 Å². The van der Waals surface area contributed by atoms with Crippen LogP contribution in [0.5, 0.6) is 11.5 Å². The molecule has 0 aliphatic carbocycles. The fourth-order valence-electron chi connectivity index (χ4n) is 1.98. The molecule has 0 saturated carbocycles. The maximum absolute atomic E-state index is 13.8. The third kappa shape index (κ3) is 3.97. The van der Waals surface area contributed by atoms with Crippen molar-refractivity contribution in [1.29, 1.82) is 0 Å². The van der Waals surface area contributed by atoms with Gasteiger partial charge in [0.05, 0.1) is 7.11 Å². The topological polar surface area (TPSA) is 18.5 Å². The Morgan fingerprint density at radius 1 is 0.952 bits per heavy atom. The minimum Gasteiger partial charge on any atom is -0.497 e. The summed E-state index contributed by atoms with van der Waals surface area (Å²) in [5, 5.41) is 0. The average Bonchev–Trinajstić information content (AvgIpc) is 2.45. The zero-order valence-electron chi connectivity index (χ0n) is 12.9. The van der Waals surface area contributed by atoms with Crippen LogP contribution in [0.2, 0.25) is 0 Å². The fraction of sp³-hybridized carbons (Fsp3) is 0.333. The first-order chi connectivity index (χ1) is 9.90. The molecule has 0 unspecified atom stereocenters. The van der Waals surface area contributed by atoms with Crippen LogP contribution in [0.1, 0.15) is 31.9 Å². The molecule has 0 saturated heterocycles. The number of methoxy groups -OCH3 is 1. The summed E-state index contributed by atoms with van der Waals surface area (Å²) >= 11 is 0. The molecule has 0 bridgehead atoms. The fourth-order valence-corrected chi connectivity index (χ4v) is 1.98. The molecule has 0 N–H and O–H groups in total. The smallest absolute Gasteiger partial charge is 0.133 e. The van der Waals surface area contributed by atoms with Gasteiger partial charge in [0.1, 0.15) is 23.9 Å². The number of hydrogen-bond donors (Lipinski definition) is 0. The van der Waals surface area contributed by atoms with Crippen LogP contribution in [0.4, 0.5) is 4.39 Å². The van der Waals surface area contributed by atoms with Gasteiger partial charge >= 0.3 is 0 Å². The number of halogens is 1. The largest absolute Gasteiger partial charge is 0.497 e. The first kappa shape index (κ1) is 15.4. The standard InChI is InChI=1S/C18H21FO2/c1-18(2,3)14-6-9-15(10-7-14)21-12-13-5-8-16(20-4)11-17(13)19/h5-11H,12H2,1-4H3. The predicted molar refractivity (Wildman–Crippen MR) is 82.4 cm³/mol. The van der Waals surface area contributed by atoms with Gasteiger partial charge in [-0.1, -0.05) is 32.9 Å². The highest BCUT2D eigenvalue weighted by Gasteiger charge is 2.13. The van der Waals surface area contributed by atoms with Crippen molar-refractivity contribution >= 4 is 0 Å². The van der Waals surface area contributed by atoms with Gasteiger partial charge in [-0.05, 0) is 35.2 Å². The van der Waals surface area contributed by atoms with Crippen molar-refractivity contribution in [3.05, 3.63) is 59.4 Å². The first-order valence-corrected chi connectivity index (χ1v) is 6.96. The van der Waals surface area contributed by atoms with E-state index in [0.717, 1.165) is 5.75 Å². The van der Waals surface area contributed by atoms with Crippen LogP contribution in [-0.4, -0.2) is 7.11 Å². The molecule has 0 atom stereocenters. The Morgan fingerprint density at radius 2 is 1.57 bits per heavy atom. The monoisotopic (exact) mass is 288 g/mol. The third-order valence-electron chi connectivity index (χ3n) is 3.37. The number of rotatable bonds is 4. The lowest BCUT2D eigenvalue weighted by atomic mass is 9.87. The molecule has 0 spiro atoms. The van der Waals surface area contributed by atoms with E-state index in [1.165, 1.54) is 18.7 Å². The molecule has 0 heterocycles. The quantitative estimate of drug-likeness (QED) is 0.811. The molecular formula is C18H21FO2. The molecule has 112 valence electrons. The molecule has 2 aromatic carbocycles. The van der Waals surface area contributed by atoms with Crippen molar-refractivity contribution in [2.24, 2.45) is 0 Å². The van der Waals surface area contributed by atoms with Gasteiger partial charge in [-0.3, -0.25) is 0 Å². The molecule has 21 heavy (non-hydrogen) atoms. The van der Waals surface area contributed by atoms with Crippen LogP contribution in [0.3, 0.4) is 0 Å². The van der Waals surface area contributed by atoms with E-state index in [1.807, 2.05) is 24.3 Å². The van der Waals surface area contributed by atoms with Gasteiger partial charge in [0.15, 0.2) is 0 Å². The van der Waals surface area contributed by atoms with E-state index in [4.69, 9.17) is 9.47 Å². The Bertz CT molecular complexity index is 598. The first-order valence-electron chi connectivity index (χ1n) is 6.96. The lowest BCUT2D eigenvalue weighted by Crippen LogP contribution is -2.10. The van der Waals surface area contributed by atoms with Gasteiger partial charge in [-0.2, -0.15) is 0 Å². The molecule has 2 aromatic rings. The van der Waals surface area contributed by atoms with Crippen LogP contribution in [-0.2, 0) is 12.0 Å². The van der Waals surface area contributed by atoms with E-state index in [0.29, 0.717) is 11.3 Å². The van der Waals surface area contributed by atoms with Gasteiger partial charge < -0.3 is 9.47 Å². The Balaban J connectivity index is 2.03. The van der Waals surface area contributed by atoms with Crippen LogP contribution < -0.4 is 9.47 Å². The Kier molecular flexibility index (Phi) is 4.51. The Labute approximate surface area is 125 Å². The lowest BCUT2D eigenvalue weighted by molar-refractivity contribution is 0.299. The molecule has 0 amide bonds. The van der Waals surface area contributed by atoms with Crippen molar-refractivity contribution in [2.75, 3.05) is 7.11 Å². The molecule has 0 fully saturated rings. The summed E-state index contributed by atoms with van der Waals surface area (Å²) in [5.74, 6) is 0.921. The second-order valence-electron chi connectivity index (χ2n) is 6.02. The molecule has 2 rings (SSSR count). The summed E-state index contributed by atoms with van der Waals surface area (Å²) in [6.07, 6.45) is 0. The summed E-state index contributed by atoms with van der Waals surface area (Å²) in [4.78, 5) is 0. The van der Waals surface area contributed by atoms with Gasteiger partial charge in [0.25, 0.3) is 0 Å². The molecule has 0 aromatic heterocycles. The van der Waals surface area contributed by atoms with E-state index in [2.05, 4.69) is 20.8 Å². The molecule has 2 nitrogen and oxygen atoms in total. The highest BCUT2D eigenvalue weighted by molar-refractivity contribution is 5.32. The average molecular weight is 288 g/mol. The Morgan fingerprint density at radius 3 is 2.10 bits per heavy atom. The number of hydrogen-bond acceptors (Lipinski definition) is 2. The summed E-state index contributed by atoms with van der Waals surface area (Å²) in [7, 11) is 1.52. The van der Waals surface area contributed by atoms with Crippen molar-refractivity contribution < 1.29 is 13.9 Å². The number of ether oxygens (including phenoxy) is 2. The van der Waals surface area contributed by atoms with E-state index in [-0.39, 0.29) is 17.8 Å². The van der Waals surface area contributed by atoms with Gasteiger partial charge in [0.2, 0.25) is 0 Å². The zero-order chi connectivity index (χ0) is 15.5. The highest BCUT2D eigenvalue weighted by atomic mass is 19.1. The maximum atomic E-state index is 13.8. The normalized spacial score (nSPS) is 11.3. The molecule has 0 aliphatic heterocycles. The summed E-state index contributed by atoms with van der Waals surface area (Å²) in [6, 6.07) is 12.7. The molecular weight excluding hydrogens is 267 g/mol. The SMILES string of the molecule is COc1ccc(COc2ccc(C(C)(C)C)cc2)c(F)c1. The molecule has 0 radical (unpaired) electrons. The number of benzene rings is 2. The van der Waals surface area contributed by atoms with Gasteiger partial charge in [-0.25, -0.2) is 4.39 Å². The molecule has 0 aliphatic rings. The zero-order valence-corrected chi connectivity index (χ0v) is 12.9. The third-order valence-corrected chi connectivity index (χ3v) is 3.37. The van der Waals surface area contributed by atoms with Crippen LogP contribution in [0.25, 0.3) is 0 Å². The van der Waals surface area contributed by atoms with E-state index < -0.39 is 0 Å². The summed E-state index contributed by atoms with van der Waals surface area (Å²) in [6.45, 7) is 6.69. The minimum atomic E-state index is -0.319.